The van der Waals surface area contributed by atoms with Crippen LogP contribution >= 0.6 is 0 Å². The number of nitrogens with zero attached hydrogens (tertiary/aromatic N) is 1. The molecule has 3 atom stereocenters. The maximum atomic E-state index is 6.15. The predicted octanol–water partition coefficient (Wildman–Crippen LogP) is 3.79. The highest BCUT2D eigenvalue weighted by Gasteiger charge is 2.31. The van der Waals surface area contributed by atoms with Crippen molar-refractivity contribution in [1.82, 2.24) is 4.90 Å². The Morgan fingerprint density at radius 2 is 1.68 bits per heavy atom. The fourth-order valence-corrected chi connectivity index (χ4v) is 4.46. The Morgan fingerprint density at radius 3 is 2.26 bits per heavy atom. The van der Waals surface area contributed by atoms with Crippen molar-refractivity contribution >= 4 is 0 Å². The van der Waals surface area contributed by atoms with Gasteiger partial charge < -0.3 is 5.73 Å². The summed E-state index contributed by atoms with van der Waals surface area (Å²) in [7, 11) is 2.35. The lowest BCUT2D eigenvalue weighted by atomic mass is 9.77. The first-order valence-electron chi connectivity index (χ1n) is 8.64. The van der Waals surface area contributed by atoms with Gasteiger partial charge in [0.1, 0.15) is 0 Å². The summed E-state index contributed by atoms with van der Waals surface area (Å²) in [4.78, 5) is 2.67. The molecule has 2 nitrogen and oxygen atoms in total. The quantitative estimate of drug-likeness (QED) is 0.784. The van der Waals surface area contributed by atoms with E-state index in [1.165, 1.54) is 64.2 Å². The first-order chi connectivity index (χ1) is 9.22. The number of nitrogens with two attached hydrogens (primary N) is 1. The molecule has 0 aromatic heterocycles. The van der Waals surface area contributed by atoms with Crippen LogP contribution in [0, 0.1) is 11.8 Å². The van der Waals surface area contributed by atoms with E-state index < -0.39 is 0 Å². The lowest BCUT2D eigenvalue weighted by Gasteiger charge is -2.41. The van der Waals surface area contributed by atoms with Gasteiger partial charge in [-0.3, -0.25) is 4.90 Å². The largest absolute Gasteiger partial charge is 0.329 e. The lowest BCUT2D eigenvalue weighted by Crippen LogP contribution is -2.49. The van der Waals surface area contributed by atoms with E-state index in [-0.39, 0.29) is 0 Å². The van der Waals surface area contributed by atoms with Crippen molar-refractivity contribution < 1.29 is 0 Å². The van der Waals surface area contributed by atoms with Gasteiger partial charge in [0.15, 0.2) is 0 Å². The minimum atomic E-state index is 0.630. The van der Waals surface area contributed by atoms with E-state index in [0.29, 0.717) is 6.04 Å². The second-order valence-electron chi connectivity index (χ2n) is 7.15. The summed E-state index contributed by atoms with van der Waals surface area (Å²) in [5.41, 5.74) is 6.15. The van der Waals surface area contributed by atoms with E-state index in [1.807, 2.05) is 0 Å². The Kier molecular flexibility index (Phi) is 6.15. The molecule has 2 heteroatoms. The fraction of sp³-hybridized carbons (Fsp3) is 1.00. The normalized spacial score (nSPS) is 32.2. The summed E-state index contributed by atoms with van der Waals surface area (Å²) in [5.74, 6) is 1.76. The molecule has 0 heterocycles. The smallest absolute Gasteiger partial charge is 0.0246 e. The molecule has 3 unspecified atom stereocenters. The minimum absolute atomic E-state index is 0.630. The fourth-order valence-electron chi connectivity index (χ4n) is 4.46. The van der Waals surface area contributed by atoms with Crippen LogP contribution in [-0.4, -0.2) is 30.6 Å². The predicted molar refractivity (Wildman–Crippen MR) is 83.2 cm³/mol. The zero-order valence-corrected chi connectivity index (χ0v) is 13.1. The molecule has 2 aliphatic rings. The Hall–Kier alpha value is -0.0800. The third kappa shape index (κ3) is 4.19. The summed E-state index contributed by atoms with van der Waals surface area (Å²) < 4.78 is 0. The van der Waals surface area contributed by atoms with E-state index in [9.17, 15) is 0 Å². The van der Waals surface area contributed by atoms with Crippen molar-refractivity contribution in [3.05, 3.63) is 0 Å². The van der Waals surface area contributed by atoms with Crippen LogP contribution in [0.2, 0.25) is 0 Å². The summed E-state index contributed by atoms with van der Waals surface area (Å²) in [6.07, 6.45) is 14.2. The van der Waals surface area contributed by atoms with Crippen molar-refractivity contribution in [3.63, 3.8) is 0 Å². The SMILES string of the molecule is CC1CCCC(C(CN)N(C)C2CCCCCC2)C1. The molecule has 2 rings (SSSR count). The first kappa shape index (κ1) is 15.3. The Morgan fingerprint density at radius 1 is 1.00 bits per heavy atom. The van der Waals surface area contributed by atoms with Crippen LogP contribution in [0.15, 0.2) is 0 Å². The molecule has 2 aliphatic carbocycles. The molecular weight excluding hydrogens is 232 g/mol. The molecule has 19 heavy (non-hydrogen) atoms. The number of rotatable bonds is 4. The third-order valence-corrected chi connectivity index (χ3v) is 5.69. The summed E-state index contributed by atoms with van der Waals surface area (Å²) in [5, 5.41) is 0. The van der Waals surface area contributed by atoms with Gasteiger partial charge in [0.2, 0.25) is 0 Å². The summed E-state index contributed by atoms with van der Waals surface area (Å²) >= 11 is 0. The van der Waals surface area contributed by atoms with Crippen LogP contribution in [0.25, 0.3) is 0 Å². The van der Waals surface area contributed by atoms with Gasteiger partial charge in [-0.15, -0.1) is 0 Å². The van der Waals surface area contributed by atoms with Crippen LogP contribution in [0.5, 0.6) is 0 Å². The van der Waals surface area contributed by atoms with Gasteiger partial charge in [-0.1, -0.05) is 45.4 Å². The van der Waals surface area contributed by atoms with Gasteiger partial charge in [0.25, 0.3) is 0 Å². The Labute approximate surface area is 120 Å². The lowest BCUT2D eigenvalue weighted by molar-refractivity contribution is 0.0870. The van der Waals surface area contributed by atoms with Crippen molar-refractivity contribution in [2.24, 2.45) is 17.6 Å². The molecule has 0 spiro atoms. The van der Waals surface area contributed by atoms with E-state index in [1.54, 1.807) is 0 Å². The Bertz CT molecular complexity index is 246. The van der Waals surface area contributed by atoms with Crippen molar-refractivity contribution in [1.29, 1.82) is 0 Å². The van der Waals surface area contributed by atoms with Crippen LogP contribution in [0.4, 0.5) is 0 Å². The standard InChI is InChI=1S/C17H34N2/c1-14-8-7-9-15(12-14)17(13-18)19(2)16-10-5-3-4-6-11-16/h14-17H,3-13,18H2,1-2H3. The summed E-state index contributed by atoms with van der Waals surface area (Å²) in [6.45, 7) is 3.27. The maximum absolute atomic E-state index is 6.15. The van der Waals surface area contributed by atoms with Crippen LogP contribution in [0.1, 0.15) is 71.1 Å². The van der Waals surface area contributed by atoms with Crippen molar-refractivity contribution in [2.45, 2.75) is 83.2 Å². The molecule has 0 aliphatic heterocycles. The maximum Gasteiger partial charge on any atom is 0.0246 e. The molecule has 112 valence electrons. The van der Waals surface area contributed by atoms with E-state index in [0.717, 1.165) is 24.4 Å². The van der Waals surface area contributed by atoms with Crippen LogP contribution < -0.4 is 5.73 Å². The number of likely N-dealkylation sites (N-methyl/N-ethyl adjacent to an activating group) is 1. The van der Waals surface area contributed by atoms with Gasteiger partial charge in [0, 0.05) is 18.6 Å². The third-order valence-electron chi connectivity index (χ3n) is 5.69. The second-order valence-corrected chi connectivity index (χ2v) is 7.15. The van der Waals surface area contributed by atoms with Gasteiger partial charge in [-0.25, -0.2) is 0 Å². The molecule has 2 N–H and O–H groups in total. The molecule has 0 aromatic rings. The number of hydrogen-bond acceptors (Lipinski definition) is 2. The zero-order valence-electron chi connectivity index (χ0n) is 13.1. The second kappa shape index (κ2) is 7.64. The average Bonchev–Trinajstić information content (AvgIpc) is 2.68. The highest BCUT2D eigenvalue weighted by molar-refractivity contribution is 4.86. The van der Waals surface area contributed by atoms with Gasteiger partial charge in [0.05, 0.1) is 0 Å². The van der Waals surface area contributed by atoms with Gasteiger partial charge in [-0.2, -0.15) is 0 Å². The highest BCUT2D eigenvalue weighted by Crippen LogP contribution is 2.34. The van der Waals surface area contributed by atoms with E-state index >= 15 is 0 Å². The molecular formula is C17H34N2. The molecule has 0 saturated heterocycles. The van der Waals surface area contributed by atoms with Gasteiger partial charge in [-0.05, 0) is 44.6 Å². The average molecular weight is 266 g/mol. The van der Waals surface area contributed by atoms with Crippen LogP contribution in [0.3, 0.4) is 0 Å². The van der Waals surface area contributed by atoms with Crippen molar-refractivity contribution in [2.75, 3.05) is 13.6 Å². The van der Waals surface area contributed by atoms with Crippen LogP contribution in [-0.2, 0) is 0 Å². The first-order valence-corrected chi connectivity index (χ1v) is 8.64. The van der Waals surface area contributed by atoms with Gasteiger partial charge >= 0.3 is 0 Å². The minimum Gasteiger partial charge on any atom is -0.329 e. The molecule has 0 bridgehead atoms. The number of hydrogen-bond donors (Lipinski definition) is 1. The molecule has 0 aromatic carbocycles. The summed E-state index contributed by atoms with van der Waals surface area (Å²) in [6, 6.07) is 1.43. The van der Waals surface area contributed by atoms with E-state index in [2.05, 4.69) is 18.9 Å². The zero-order chi connectivity index (χ0) is 13.7. The molecule has 0 radical (unpaired) electrons. The topological polar surface area (TPSA) is 29.3 Å². The Balaban J connectivity index is 1.94. The van der Waals surface area contributed by atoms with E-state index in [4.69, 9.17) is 5.73 Å². The highest BCUT2D eigenvalue weighted by atomic mass is 15.2. The molecule has 2 fully saturated rings. The monoisotopic (exact) mass is 266 g/mol. The van der Waals surface area contributed by atoms with Crippen molar-refractivity contribution in [3.8, 4) is 0 Å². The molecule has 0 amide bonds. The molecule has 2 saturated carbocycles.